The number of hydrogen-bond donors (Lipinski definition) is 0. The molecule has 0 heterocycles. The van der Waals surface area contributed by atoms with Crippen LogP contribution in [0.25, 0.3) is 0 Å². The number of rotatable bonds is 6. The fourth-order valence-electron chi connectivity index (χ4n) is 4.13. The van der Waals surface area contributed by atoms with E-state index in [0.29, 0.717) is 5.92 Å². The fraction of sp³-hybridized carbons (Fsp3) is 0.440. The Morgan fingerprint density at radius 3 is 2.13 bits per heavy atom. The number of halogens is 5. The van der Waals surface area contributed by atoms with Crippen LogP contribution in [0.1, 0.15) is 68.1 Å². The summed E-state index contributed by atoms with van der Waals surface area (Å²) in [6.07, 6.45) is 2.65. The average molecular weight is 436 g/mol. The van der Waals surface area contributed by atoms with Gasteiger partial charge in [0.25, 0.3) is 0 Å². The third-order valence-electron chi connectivity index (χ3n) is 5.75. The zero-order valence-electron chi connectivity index (χ0n) is 17.4. The standard InChI is InChI=1S/C25H25F5O/c1-2-3-17-4-8-19(9-5-17)20-10-6-18(7-11-20)16-31-21-14-23(26)22(24(27)15-21)12-13-25(28,29)30/h6-7,10-11,14-15,17,19H,2-5,8-9,16H2,1H3. The lowest BCUT2D eigenvalue weighted by atomic mass is 9.77. The second kappa shape index (κ2) is 10.2. The van der Waals surface area contributed by atoms with E-state index < -0.39 is 23.4 Å². The first-order chi connectivity index (χ1) is 14.7. The highest BCUT2D eigenvalue weighted by Gasteiger charge is 2.24. The Morgan fingerprint density at radius 1 is 0.968 bits per heavy atom. The van der Waals surface area contributed by atoms with E-state index in [-0.39, 0.29) is 12.4 Å². The summed E-state index contributed by atoms with van der Waals surface area (Å²) in [4.78, 5) is 0. The molecule has 0 spiro atoms. The first-order valence-electron chi connectivity index (χ1n) is 10.6. The van der Waals surface area contributed by atoms with Crippen LogP contribution in [-0.2, 0) is 6.61 Å². The van der Waals surface area contributed by atoms with Gasteiger partial charge in [-0.3, -0.25) is 0 Å². The quantitative estimate of drug-likeness (QED) is 0.336. The molecule has 0 aliphatic heterocycles. The van der Waals surface area contributed by atoms with E-state index in [4.69, 9.17) is 4.74 Å². The maximum atomic E-state index is 14.0. The molecule has 0 radical (unpaired) electrons. The van der Waals surface area contributed by atoms with E-state index in [2.05, 4.69) is 19.1 Å². The molecule has 1 fully saturated rings. The topological polar surface area (TPSA) is 9.23 Å². The summed E-state index contributed by atoms with van der Waals surface area (Å²) in [5.41, 5.74) is 1.20. The predicted molar refractivity (Wildman–Crippen MR) is 110 cm³/mol. The molecule has 1 aliphatic rings. The lowest BCUT2D eigenvalue weighted by molar-refractivity contribution is -0.0696. The van der Waals surface area contributed by atoms with Gasteiger partial charge in [-0.15, -0.1) is 0 Å². The summed E-state index contributed by atoms with van der Waals surface area (Å²) in [7, 11) is 0. The summed E-state index contributed by atoms with van der Waals surface area (Å²) in [5.74, 6) is 1.28. The van der Waals surface area contributed by atoms with Crippen LogP contribution in [-0.4, -0.2) is 6.18 Å². The number of ether oxygens (including phenoxy) is 1. The van der Waals surface area contributed by atoms with Crippen molar-refractivity contribution in [2.24, 2.45) is 5.92 Å². The summed E-state index contributed by atoms with van der Waals surface area (Å²) < 4.78 is 69.8. The average Bonchev–Trinajstić information content (AvgIpc) is 2.72. The van der Waals surface area contributed by atoms with Crippen molar-refractivity contribution in [1.29, 1.82) is 0 Å². The van der Waals surface area contributed by atoms with Gasteiger partial charge in [0.1, 0.15) is 24.0 Å². The minimum atomic E-state index is -4.82. The molecule has 1 nitrogen and oxygen atoms in total. The molecule has 0 saturated heterocycles. The zero-order valence-corrected chi connectivity index (χ0v) is 17.4. The van der Waals surface area contributed by atoms with Crippen LogP contribution in [0.15, 0.2) is 36.4 Å². The molecule has 0 N–H and O–H groups in total. The lowest BCUT2D eigenvalue weighted by Crippen LogP contribution is -2.13. The van der Waals surface area contributed by atoms with Crippen LogP contribution in [0.3, 0.4) is 0 Å². The Hall–Kier alpha value is -2.55. The molecule has 3 rings (SSSR count). The molecular weight excluding hydrogens is 411 g/mol. The van der Waals surface area contributed by atoms with Gasteiger partial charge in [-0.05, 0) is 48.6 Å². The molecule has 31 heavy (non-hydrogen) atoms. The van der Waals surface area contributed by atoms with Gasteiger partial charge in [0.05, 0.1) is 5.56 Å². The third kappa shape index (κ3) is 6.72. The molecule has 0 amide bonds. The maximum absolute atomic E-state index is 14.0. The van der Waals surface area contributed by atoms with Gasteiger partial charge in [0.15, 0.2) is 0 Å². The van der Waals surface area contributed by atoms with Crippen molar-refractivity contribution in [2.75, 3.05) is 0 Å². The van der Waals surface area contributed by atoms with Crippen molar-refractivity contribution in [3.8, 4) is 17.6 Å². The minimum absolute atomic E-state index is 0.0932. The fourth-order valence-corrected chi connectivity index (χ4v) is 4.13. The third-order valence-corrected chi connectivity index (χ3v) is 5.75. The van der Waals surface area contributed by atoms with Crippen molar-refractivity contribution in [1.82, 2.24) is 0 Å². The van der Waals surface area contributed by atoms with Crippen molar-refractivity contribution < 1.29 is 26.7 Å². The van der Waals surface area contributed by atoms with Crippen molar-refractivity contribution >= 4 is 0 Å². The van der Waals surface area contributed by atoms with E-state index in [1.54, 1.807) is 0 Å². The van der Waals surface area contributed by atoms with Crippen LogP contribution >= 0.6 is 0 Å². The van der Waals surface area contributed by atoms with Gasteiger partial charge in [0.2, 0.25) is 0 Å². The molecule has 2 aromatic carbocycles. The molecular formula is C25H25F5O. The first-order valence-corrected chi connectivity index (χ1v) is 10.6. The second-order valence-electron chi connectivity index (χ2n) is 8.05. The van der Waals surface area contributed by atoms with Crippen molar-refractivity contribution in [2.45, 2.75) is 64.1 Å². The van der Waals surface area contributed by atoms with Gasteiger partial charge in [0, 0.05) is 18.1 Å². The Balaban J connectivity index is 1.58. The molecule has 6 heteroatoms. The van der Waals surface area contributed by atoms with E-state index in [1.165, 1.54) is 50.0 Å². The number of hydrogen-bond acceptors (Lipinski definition) is 1. The first kappa shape index (κ1) is 23.1. The van der Waals surface area contributed by atoms with Gasteiger partial charge in [-0.2, -0.15) is 13.2 Å². The maximum Gasteiger partial charge on any atom is 0.458 e. The molecule has 0 bridgehead atoms. The van der Waals surface area contributed by atoms with Crippen LogP contribution in [0.2, 0.25) is 0 Å². The van der Waals surface area contributed by atoms with Gasteiger partial charge >= 0.3 is 6.18 Å². The molecule has 1 aliphatic carbocycles. The summed E-state index contributed by atoms with van der Waals surface area (Å²) in [5, 5.41) is 0. The lowest BCUT2D eigenvalue weighted by Gasteiger charge is -2.28. The van der Waals surface area contributed by atoms with Gasteiger partial charge in [-0.25, -0.2) is 8.78 Å². The van der Waals surface area contributed by atoms with Crippen molar-refractivity contribution in [3.63, 3.8) is 0 Å². The summed E-state index contributed by atoms with van der Waals surface area (Å²) >= 11 is 0. The smallest absolute Gasteiger partial charge is 0.458 e. The van der Waals surface area contributed by atoms with Crippen molar-refractivity contribution in [3.05, 3.63) is 64.7 Å². The molecule has 0 aromatic heterocycles. The molecule has 166 valence electrons. The zero-order chi connectivity index (χ0) is 22.4. The summed E-state index contributed by atoms with van der Waals surface area (Å²) in [6.45, 7) is 2.32. The van der Waals surface area contributed by atoms with Gasteiger partial charge in [-0.1, -0.05) is 50.0 Å². The molecule has 0 atom stereocenters. The minimum Gasteiger partial charge on any atom is -0.489 e. The highest BCUT2D eigenvalue weighted by Crippen LogP contribution is 2.37. The van der Waals surface area contributed by atoms with Crippen LogP contribution < -0.4 is 4.74 Å². The SMILES string of the molecule is CCCC1CCC(c2ccc(COc3cc(F)c(C#CC(F)(F)F)c(F)c3)cc2)CC1. The van der Waals surface area contributed by atoms with Crippen LogP contribution in [0, 0.1) is 29.4 Å². The monoisotopic (exact) mass is 436 g/mol. The summed E-state index contributed by atoms with van der Waals surface area (Å²) in [6, 6.07) is 9.69. The molecule has 2 aromatic rings. The second-order valence-corrected chi connectivity index (χ2v) is 8.05. The Labute approximate surface area is 179 Å². The highest BCUT2D eigenvalue weighted by molar-refractivity contribution is 5.42. The Bertz CT molecular complexity index is 906. The number of alkyl halides is 3. The van der Waals surface area contributed by atoms with E-state index in [1.807, 2.05) is 12.1 Å². The van der Waals surface area contributed by atoms with Crippen LogP contribution in [0.5, 0.6) is 5.75 Å². The normalized spacial score (nSPS) is 18.9. The Morgan fingerprint density at radius 2 is 1.58 bits per heavy atom. The van der Waals surface area contributed by atoms with E-state index in [9.17, 15) is 22.0 Å². The predicted octanol–water partition coefficient (Wildman–Crippen LogP) is 7.53. The number of benzene rings is 2. The molecule has 0 unspecified atom stereocenters. The van der Waals surface area contributed by atoms with Gasteiger partial charge < -0.3 is 4.74 Å². The van der Waals surface area contributed by atoms with Crippen LogP contribution in [0.4, 0.5) is 22.0 Å². The Kier molecular flexibility index (Phi) is 7.59. The van der Waals surface area contributed by atoms with E-state index in [0.717, 1.165) is 29.5 Å². The van der Waals surface area contributed by atoms with E-state index >= 15 is 0 Å². The largest absolute Gasteiger partial charge is 0.489 e. The highest BCUT2D eigenvalue weighted by atomic mass is 19.4. The molecule has 1 saturated carbocycles.